The second-order valence-corrected chi connectivity index (χ2v) is 6.46. The highest BCUT2D eigenvalue weighted by Crippen LogP contribution is 2.37. The molecule has 1 atom stereocenters. The SMILES string of the molecule is O=S1(=O)C[C@H](Cl)C(Cl)(Cl)C1. The van der Waals surface area contributed by atoms with E-state index in [1.807, 2.05) is 0 Å². The van der Waals surface area contributed by atoms with Gasteiger partial charge in [-0.2, -0.15) is 0 Å². The van der Waals surface area contributed by atoms with E-state index >= 15 is 0 Å². The van der Waals surface area contributed by atoms with E-state index in [0.717, 1.165) is 0 Å². The highest BCUT2D eigenvalue weighted by atomic mass is 35.5. The molecule has 0 aromatic heterocycles. The minimum absolute atomic E-state index is 0.123. The van der Waals surface area contributed by atoms with Crippen LogP contribution in [0.15, 0.2) is 0 Å². The zero-order valence-corrected chi connectivity index (χ0v) is 7.93. The lowest BCUT2D eigenvalue weighted by molar-refractivity contribution is 0.602. The average molecular weight is 224 g/mol. The maximum atomic E-state index is 10.8. The van der Waals surface area contributed by atoms with Crippen molar-refractivity contribution in [2.45, 2.75) is 9.71 Å². The van der Waals surface area contributed by atoms with Gasteiger partial charge in [0.15, 0.2) is 9.84 Å². The monoisotopic (exact) mass is 222 g/mol. The lowest BCUT2D eigenvalue weighted by Gasteiger charge is -2.11. The molecule has 6 heteroatoms. The largest absolute Gasteiger partial charge is 0.229 e. The van der Waals surface area contributed by atoms with Gasteiger partial charge in [-0.15, -0.1) is 11.6 Å². The van der Waals surface area contributed by atoms with Crippen LogP contribution in [0.2, 0.25) is 0 Å². The van der Waals surface area contributed by atoms with Crippen molar-refractivity contribution in [3.63, 3.8) is 0 Å². The minimum atomic E-state index is -3.10. The highest BCUT2D eigenvalue weighted by molar-refractivity contribution is 7.92. The van der Waals surface area contributed by atoms with E-state index < -0.39 is 19.5 Å². The summed E-state index contributed by atoms with van der Waals surface area (Å²) in [6, 6.07) is 0. The third kappa shape index (κ3) is 1.70. The smallest absolute Gasteiger partial charge is 0.154 e. The zero-order valence-electron chi connectivity index (χ0n) is 4.85. The summed E-state index contributed by atoms with van der Waals surface area (Å²) in [4.78, 5) is 0. The van der Waals surface area contributed by atoms with Crippen molar-refractivity contribution in [2.75, 3.05) is 11.5 Å². The third-order valence-corrected chi connectivity index (χ3v) is 5.05. The average Bonchev–Trinajstić information content (AvgIpc) is 1.73. The zero-order chi connectivity index (χ0) is 7.99. The number of hydrogen-bond acceptors (Lipinski definition) is 2. The molecule has 1 aliphatic rings. The number of halogens is 3. The molecule has 60 valence electrons. The first-order chi connectivity index (χ1) is 4.33. The fraction of sp³-hybridized carbons (Fsp3) is 1.00. The van der Waals surface area contributed by atoms with Gasteiger partial charge < -0.3 is 0 Å². The van der Waals surface area contributed by atoms with Crippen LogP contribution in [-0.2, 0) is 9.84 Å². The Balaban J connectivity index is 2.92. The van der Waals surface area contributed by atoms with Crippen LogP contribution in [0.25, 0.3) is 0 Å². The molecule has 1 aliphatic heterocycles. The van der Waals surface area contributed by atoms with Gasteiger partial charge in [0.2, 0.25) is 0 Å². The third-order valence-electron chi connectivity index (χ3n) is 1.27. The van der Waals surface area contributed by atoms with Crippen LogP contribution in [0.1, 0.15) is 0 Å². The molecule has 0 unspecified atom stereocenters. The van der Waals surface area contributed by atoms with E-state index in [9.17, 15) is 8.42 Å². The minimum Gasteiger partial charge on any atom is -0.229 e. The van der Waals surface area contributed by atoms with Gasteiger partial charge in [0, 0.05) is 0 Å². The van der Waals surface area contributed by atoms with Gasteiger partial charge in [0.1, 0.15) is 4.33 Å². The maximum Gasteiger partial charge on any atom is 0.154 e. The van der Waals surface area contributed by atoms with Crippen LogP contribution < -0.4 is 0 Å². The molecule has 0 spiro atoms. The summed E-state index contributed by atoms with van der Waals surface area (Å²) >= 11 is 16.7. The van der Waals surface area contributed by atoms with E-state index in [4.69, 9.17) is 34.8 Å². The number of hydrogen-bond donors (Lipinski definition) is 0. The summed E-state index contributed by atoms with van der Waals surface area (Å²) in [7, 11) is -3.10. The van der Waals surface area contributed by atoms with Gasteiger partial charge in [-0.1, -0.05) is 23.2 Å². The molecule has 1 heterocycles. The Kier molecular flexibility index (Phi) is 2.14. The summed E-state index contributed by atoms with van der Waals surface area (Å²) in [5, 5.41) is -0.680. The van der Waals surface area contributed by atoms with Gasteiger partial charge in [-0.3, -0.25) is 0 Å². The summed E-state index contributed by atoms with van der Waals surface area (Å²) < 4.78 is 20.3. The number of alkyl halides is 3. The first-order valence-electron chi connectivity index (χ1n) is 2.56. The second-order valence-electron chi connectivity index (χ2n) is 2.28. The van der Waals surface area contributed by atoms with Crippen molar-refractivity contribution in [1.29, 1.82) is 0 Å². The number of rotatable bonds is 0. The summed E-state index contributed by atoms with van der Waals surface area (Å²) in [6.07, 6.45) is 0. The Morgan fingerprint density at radius 1 is 1.40 bits per heavy atom. The highest BCUT2D eigenvalue weighted by Gasteiger charge is 2.47. The number of sulfone groups is 1. The molecule has 0 aromatic rings. The molecule has 1 fully saturated rings. The van der Waals surface area contributed by atoms with Crippen LogP contribution in [0, 0.1) is 0 Å². The summed E-state index contributed by atoms with van der Waals surface area (Å²) in [5.41, 5.74) is 0. The molecule has 10 heavy (non-hydrogen) atoms. The molecule has 0 aromatic carbocycles. The van der Waals surface area contributed by atoms with Crippen molar-refractivity contribution >= 4 is 44.6 Å². The molecule has 0 radical (unpaired) electrons. The van der Waals surface area contributed by atoms with Crippen molar-refractivity contribution in [3.8, 4) is 0 Å². The van der Waals surface area contributed by atoms with Gasteiger partial charge in [-0.25, -0.2) is 8.42 Å². The lowest BCUT2D eigenvalue weighted by atomic mass is 10.3. The summed E-state index contributed by atoms with van der Waals surface area (Å²) in [5.74, 6) is -0.362. The van der Waals surface area contributed by atoms with Crippen molar-refractivity contribution in [1.82, 2.24) is 0 Å². The Hall–Kier alpha value is 0.820. The van der Waals surface area contributed by atoms with E-state index in [1.165, 1.54) is 0 Å². The second kappa shape index (κ2) is 2.41. The molecule has 0 saturated carbocycles. The van der Waals surface area contributed by atoms with Crippen molar-refractivity contribution < 1.29 is 8.42 Å². The Labute approximate surface area is 74.4 Å². The van der Waals surface area contributed by atoms with Crippen LogP contribution in [0.5, 0.6) is 0 Å². The van der Waals surface area contributed by atoms with Gasteiger partial charge >= 0.3 is 0 Å². The fourth-order valence-corrected chi connectivity index (χ4v) is 4.50. The quantitative estimate of drug-likeness (QED) is 0.578. The van der Waals surface area contributed by atoms with E-state index in [0.29, 0.717) is 0 Å². The first-order valence-corrected chi connectivity index (χ1v) is 5.57. The molecular weight excluding hydrogens is 218 g/mol. The normalized spacial score (nSPS) is 36.1. The maximum absolute atomic E-state index is 10.8. The molecule has 2 nitrogen and oxygen atoms in total. The topological polar surface area (TPSA) is 34.1 Å². The van der Waals surface area contributed by atoms with Gasteiger partial charge in [-0.05, 0) is 0 Å². The van der Waals surface area contributed by atoms with Crippen LogP contribution in [0.3, 0.4) is 0 Å². The Morgan fingerprint density at radius 3 is 2.00 bits per heavy atom. The van der Waals surface area contributed by atoms with Crippen molar-refractivity contribution in [3.05, 3.63) is 0 Å². The molecule has 1 rings (SSSR count). The van der Waals surface area contributed by atoms with E-state index in [2.05, 4.69) is 0 Å². The summed E-state index contributed by atoms with van der Waals surface area (Å²) in [6.45, 7) is 0. The standard InChI is InChI=1S/C4H5Cl3O2S/c5-3-1-10(8,9)2-4(3,6)7/h3H,1-2H2/t3-/m0/s1. The predicted molar refractivity (Wildman–Crippen MR) is 42.7 cm³/mol. The molecular formula is C4H5Cl3O2S. The molecule has 0 bridgehead atoms. The molecule has 0 amide bonds. The Bertz CT molecular complexity index is 233. The van der Waals surface area contributed by atoms with Crippen LogP contribution in [0.4, 0.5) is 0 Å². The molecule has 0 N–H and O–H groups in total. The fourth-order valence-electron chi connectivity index (χ4n) is 0.787. The Morgan fingerprint density at radius 2 is 1.90 bits per heavy atom. The van der Waals surface area contributed by atoms with Gasteiger partial charge in [0.05, 0.1) is 16.9 Å². The predicted octanol–water partition coefficient (Wildman–Crippen LogP) is 1.20. The van der Waals surface area contributed by atoms with Crippen LogP contribution in [-0.4, -0.2) is 29.6 Å². The van der Waals surface area contributed by atoms with E-state index in [-0.39, 0.29) is 11.5 Å². The lowest BCUT2D eigenvalue weighted by Crippen LogP contribution is -2.23. The molecule has 1 saturated heterocycles. The van der Waals surface area contributed by atoms with E-state index in [1.54, 1.807) is 0 Å². The first kappa shape index (κ1) is 8.91. The molecule has 0 aliphatic carbocycles. The van der Waals surface area contributed by atoms with Crippen LogP contribution >= 0.6 is 34.8 Å². The van der Waals surface area contributed by atoms with Crippen molar-refractivity contribution in [2.24, 2.45) is 0 Å². The van der Waals surface area contributed by atoms with Gasteiger partial charge in [0.25, 0.3) is 0 Å².